The second-order valence-corrected chi connectivity index (χ2v) is 7.44. The molecule has 0 amide bonds. The molecule has 0 unspecified atom stereocenters. The molecule has 1 heteroatoms. The van der Waals surface area contributed by atoms with Crippen molar-refractivity contribution in [3.8, 4) is 0 Å². The summed E-state index contributed by atoms with van der Waals surface area (Å²) in [6, 6.07) is 41.3. The Morgan fingerprint density at radius 3 is 0.933 bits per heavy atom. The first-order valence-electron chi connectivity index (χ1n) is 10.2. The van der Waals surface area contributed by atoms with Gasteiger partial charge in [-0.3, -0.25) is 0 Å². The number of rotatable bonds is 4. The average molecular weight is 386 g/mol. The van der Waals surface area contributed by atoms with E-state index in [-0.39, 0.29) is 0 Å². The predicted octanol–water partition coefficient (Wildman–Crippen LogP) is 6.58. The van der Waals surface area contributed by atoms with Gasteiger partial charge in [0.1, 0.15) is 6.10 Å². The van der Waals surface area contributed by atoms with E-state index < -0.39 is 6.10 Å². The molecular formula is C29H22O. The zero-order valence-electron chi connectivity index (χ0n) is 16.6. The minimum absolute atomic E-state index is 0.708. The van der Waals surface area contributed by atoms with Crippen LogP contribution in [0.2, 0.25) is 0 Å². The summed E-state index contributed by atoms with van der Waals surface area (Å²) < 4.78 is 0. The number of aliphatic hydroxyl groups excluding tert-OH is 1. The molecule has 0 fully saturated rings. The first-order valence-corrected chi connectivity index (χ1v) is 10.2. The van der Waals surface area contributed by atoms with Crippen LogP contribution in [0.4, 0.5) is 0 Å². The van der Waals surface area contributed by atoms with Gasteiger partial charge in [0, 0.05) is 11.1 Å². The van der Waals surface area contributed by atoms with Crippen LogP contribution < -0.4 is 0 Å². The molecule has 5 rings (SSSR count). The SMILES string of the molecule is OC1C(c2ccccc2)=C(c2ccccc2)C(c2ccccc2)=C1c1ccccc1. The van der Waals surface area contributed by atoms with E-state index >= 15 is 0 Å². The van der Waals surface area contributed by atoms with Crippen molar-refractivity contribution < 1.29 is 5.11 Å². The Labute approximate surface area is 177 Å². The van der Waals surface area contributed by atoms with E-state index in [2.05, 4.69) is 72.8 Å². The minimum atomic E-state index is -0.708. The average Bonchev–Trinajstić information content (AvgIpc) is 3.14. The fraction of sp³-hybridized carbons (Fsp3) is 0.0345. The van der Waals surface area contributed by atoms with Gasteiger partial charge >= 0.3 is 0 Å². The summed E-state index contributed by atoms with van der Waals surface area (Å²) in [6.45, 7) is 0. The Morgan fingerprint density at radius 1 is 0.367 bits per heavy atom. The van der Waals surface area contributed by atoms with E-state index in [1.54, 1.807) is 0 Å². The van der Waals surface area contributed by atoms with Crippen LogP contribution in [-0.2, 0) is 0 Å². The van der Waals surface area contributed by atoms with Crippen LogP contribution in [0.1, 0.15) is 22.3 Å². The van der Waals surface area contributed by atoms with Crippen LogP contribution in [-0.4, -0.2) is 11.2 Å². The second kappa shape index (κ2) is 7.98. The van der Waals surface area contributed by atoms with E-state index in [1.165, 1.54) is 0 Å². The molecule has 0 saturated heterocycles. The van der Waals surface area contributed by atoms with Gasteiger partial charge in [-0.05, 0) is 33.4 Å². The standard InChI is InChI=1S/C29H22O/c30-29-27(23-17-9-3-10-18-23)25(21-13-5-1-6-14-21)26(22-15-7-2-8-16-22)28(29)24-19-11-4-12-20-24/h1-20,29-30H. The summed E-state index contributed by atoms with van der Waals surface area (Å²) in [7, 11) is 0. The smallest absolute Gasteiger partial charge is 0.106 e. The van der Waals surface area contributed by atoms with Crippen molar-refractivity contribution in [2.45, 2.75) is 6.10 Å². The summed E-state index contributed by atoms with van der Waals surface area (Å²) in [5.74, 6) is 0. The van der Waals surface area contributed by atoms with E-state index in [1.807, 2.05) is 48.5 Å². The molecule has 1 aliphatic carbocycles. The van der Waals surface area contributed by atoms with Crippen molar-refractivity contribution in [3.63, 3.8) is 0 Å². The van der Waals surface area contributed by atoms with Crippen LogP contribution in [0.25, 0.3) is 22.3 Å². The molecule has 1 aliphatic rings. The molecule has 4 aromatic carbocycles. The number of hydrogen-bond acceptors (Lipinski definition) is 1. The molecule has 1 nitrogen and oxygen atoms in total. The van der Waals surface area contributed by atoms with Gasteiger partial charge in [-0.25, -0.2) is 0 Å². The molecule has 144 valence electrons. The monoisotopic (exact) mass is 386 g/mol. The van der Waals surface area contributed by atoms with Crippen molar-refractivity contribution in [1.29, 1.82) is 0 Å². The van der Waals surface area contributed by atoms with Gasteiger partial charge in [0.15, 0.2) is 0 Å². The van der Waals surface area contributed by atoms with Crippen LogP contribution in [0.15, 0.2) is 121 Å². The number of hydrogen-bond donors (Lipinski definition) is 1. The molecule has 0 saturated carbocycles. The summed E-state index contributed by atoms with van der Waals surface area (Å²) in [6.07, 6.45) is -0.708. The molecule has 4 aromatic rings. The molecule has 0 radical (unpaired) electrons. The summed E-state index contributed by atoms with van der Waals surface area (Å²) >= 11 is 0. The largest absolute Gasteiger partial charge is 0.384 e. The Kier molecular flexibility index (Phi) is 4.88. The quantitative estimate of drug-likeness (QED) is 0.420. The van der Waals surface area contributed by atoms with Gasteiger partial charge in [-0.15, -0.1) is 0 Å². The maximum Gasteiger partial charge on any atom is 0.106 e. The van der Waals surface area contributed by atoms with E-state index in [4.69, 9.17) is 0 Å². The number of benzene rings is 4. The van der Waals surface area contributed by atoms with Crippen LogP contribution in [0, 0.1) is 0 Å². The van der Waals surface area contributed by atoms with Crippen molar-refractivity contribution in [2.75, 3.05) is 0 Å². The fourth-order valence-corrected chi connectivity index (χ4v) is 4.34. The van der Waals surface area contributed by atoms with Crippen LogP contribution in [0.5, 0.6) is 0 Å². The lowest BCUT2D eigenvalue weighted by atomic mass is 9.89. The maximum absolute atomic E-state index is 11.7. The first kappa shape index (κ1) is 18.4. The summed E-state index contributed by atoms with van der Waals surface area (Å²) in [4.78, 5) is 0. The minimum Gasteiger partial charge on any atom is -0.384 e. The molecule has 0 aromatic heterocycles. The highest BCUT2D eigenvalue weighted by atomic mass is 16.3. The van der Waals surface area contributed by atoms with Gasteiger partial charge in [0.25, 0.3) is 0 Å². The lowest BCUT2D eigenvalue weighted by Gasteiger charge is -2.15. The van der Waals surface area contributed by atoms with Crippen molar-refractivity contribution in [3.05, 3.63) is 144 Å². The Balaban J connectivity index is 1.86. The van der Waals surface area contributed by atoms with Crippen molar-refractivity contribution in [2.24, 2.45) is 0 Å². The molecule has 0 spiro atoms. The van der Waals surface area contributed by atoms with Crippen LogP contribution >= 0.6 is 0 Å². The first-order chi connectivity index (χ1) is 14.8. The molecule has 30 heavy (non-hydrogen) atoms. The highest BCUT2D eigenvalue weighted by molar-refractivity contribution is 6.29. The second-order valence-electron chi connectivity index (χ2n) is 7.44. The van der Waals surface area contributed by atoms with Crippen LogP contribution in [0.3, 0.4) is 0 Å². The van der Waals surface area contributed by atoms with E-state index in [9.17, 15) is 5.11 Å². The molecule has 0 bridgehead atoms. The summed E-state index contributed by atoms with van der Waals surface area (Å²) in [5.41, 5.74) is 8.42. The third kappa shape index (κ3) is 3.20. The zero-order valence-corrected chi connectivity index (χ0v) is 16.6. The van der Waals surface area contributed by atoms with Crippen molar-refractivity contribution in [1.82, 2.24) is 0 Å². The third-order valence-electron chi connectivity index (χ3n) is 5.63. The molecule has 0 heterocycles. The fourth-order valence-electron chi connectivity index (χ4n) is 4.34. The molecular weight excluding hydrogens is 364 g/mol. The Bertz CT molecular complexity index is 1110. The Morgan fingerprint density at radius 2 is 0.633 bits per heavy atom. The lowest BCUT2D eigenvalue weighted by Crippen LogP contribution is -2.09. The highest BCUT2D eigenvalue weighted by Gasteiger charge is 2.35. The predicted molar refractivity (Wildman–Crippen MR) is 125 cm³/mol. The molecule has 1 N–H and O–H groups in total. The normalized spacial score (nSPS) is 14.4. The third-order valence-corrected chi connectivity index (χ3v) is 5.63. The highest BCUT2D eigenvalue weighted by Crippen LogP contribution is 2.51. The van der Waals surface area contributed by atoms with Gasteiger partial charge in [0.2, 0.25) is 0 Å². The number of aliphatic hydroxyl groups is 1. The van der Waals surface area contributed by atoms with E-state index in [0.717, 1.165) is 44.5 Å². The zero-order chi connectivity index (χ0) is 20.3. The summed E-state index contributed by atoms with van der Waals surface area (Å²) in [5, 5.41) is 11.7. The maximum atomic E-state index is 11.7. The molecule has 0 atom stereocenters. The lowest BCUT2D eigenvalue weighted by molar-refractivity contribution is 0.291. The number of allylic oxidation sites excluding steroid dienone is 2. The van der Waals surface area contributed by atoms with Gasteiger partial charge < -0.3 is 5.11 Å². The molecule has 0 aliphatic heterocycles. The van der Waals surface area contributed by atoms with Crippen molar-refractivity contribution >= 4 is 22.3 Å². The van der Waals surface area contributed by atoms with E-state index in [0.29, 0.717) is 0 Å². The Hall–Kier alpha value is -3.68. The topological polar surface area (TPSA) is 20.2 Å². The van der Waals surface area contributed by atoms with Gasteiger partial charge in [-0.1, -0.05) is 121 Å². The van der Waals surface area contributed by atoms with Gasteiger partial charge in [-0.2, -0.15) is 0 Å². The van der Waals surface area contributed by atoms with Gasteiger partial charge in [0.05, 0.1) is 0 Å².